The summed E-state index contributed by atoms with van der Waals surface area (Å²) in [5.74, 6) is -2.85. The first kappa shape index (κ1) is 21.1. The molecule has 0 bridgehead atoms. The van der Waals surface area contributed by atoms with Gasteiger partial charge < -0.3 is 15.2 Å². The van der Waals surface area contributed by atoms with Crippen LogP contribution >= 0.6 is 45.7 Å². The van der Waals surface area contributed by atoms with Gasteiger partial charge >= 0.3 is 11.9 Å². The molecule has 0 aromatic carbocycles. The smallest absolute Gasteiger partial charge is 0.353 e. The molecule has 28 heavy (non-hydrogen) atoms. The Morgan fingerprint density at radius 1 is 1.46 bits per heavy atom. The molecule has 0 saturated carbocycles. The van der Waals surface area contributed by atoms with Crippen molar-refractivity contribution in [3.63, 3.8) is 0 Å². The summed E-state index contributed by atoms with van der Waals surface area (Å²) in [6.45, 7) is 2.01. The van der Waals surface area contributed by atoms with E-state index in [1.54, 1.807) is 0 Å². The van der Waals surface area contributed by atoms with Gasteiger partial charge in [-0.15, -0.1) is 11.8 Å². The Morgan fingerprint density at radius 3 is 2.82 bits per heavy atom. The molecular formula is C17H17IN2O6S2. The number of amides is 2. The molecule has 0 spiro atoms. The predicted octanol–water partition coefficient (Wildman–Crippen LogP) is 1.40. The van der Waals surface area contributed by atoms with Gasteiger partial charge in [0.2, 0.25) is 5.91 Å². The minimum absolute atomic E-state index is 0.0396. The second-order valence-corrected chi connectivity index (χ2v) is 10.3. The van der Waals surface area contributed by atoms with Crippen LogP contribution in [0.3, 0.4) is 0 Å². The van der Waals surface area contributed by atoms with Gasteiger partial charge in [0, 0.05) is 9.68 Å². The molecule has 3 atom stereocenters. The molecule has 1 aromatic heterocycles. The van der Waals surface area contributed by atoms with E-state index in [1.807, 2.05) is 23.8 Å². The average molecular weight is 536 g/mol. The van der Waals surface area contributed by atoms with E-state index in [2.05, 4.69) is 27.9 Å². The second kappa shape index (κ2) is 8.82. The number of nitrogens with one attached hydrogen (secondary N) is 1. The Bertz CT molecular complexity index is 839. The summed E-state index contributed by atoms with van der Waals surface area (Å²) < 4.78 is 5.21. The number of esters is 1. The lowest BCUT2D eigenvalue weighted by Gasteiger charge is -2.49. The number of hydrogen-bond acceptors (Lipinski definition) is 7. The highest BCUT2D eigenvalue weighted by Gasteiger charge is 2.55. The molecule has 1 fully saturated rings. The van der Waals surface area contributed by atoms with Crippen LogP contribution in [0, 0.1) is 0 Å². The number of carbonyl (C=O) groups is 4. The average Bonchev–Trinajstić information content (AvgIpc) is 3.15. The quantitative estimate of drug-likeness (QED) is 0.235. The Hall–Kier alpha value is -1.60. The number of halogens is 1. The zero-order valence-electron chi connectivity index (χ0n) is 14.7. The molecule has 3 heterocycles. The van der Waals surface area contributed by atoms with Crippen LogP contribution in [0.1, 0.15) is 12.5 Å². The molecule has 2 N–H and O–H groups in total. The van der Waals surface area contributed by atoms with Crippen molar-refractivity contribution in [3.8, 4) is 0 Å². The van der Waals surface area contributed by atoms with E-state index in [4.69, 9.17) is 4.74 Å². The number of carboxylic acids is 1. The number of nitrogens with zero attached hydrogens (tertiary/aromatic N) is 1. The number of rotatable bonds is 7. The first-order valence-corrected chi connectivity index (χ1v) is 11.6. The van der Waals surface area contributed by atoms with Crippen molar-refractivity contribution in [2.45, 2.75) is 28.7 Å². The maximum Gasteiger partial charge on any atom is 0.353 e. The topological polar surface area (TPSA) is 113 Å². The van der Waals surface area contributed by atoms with E-state index in [9.17, 15) is 24.3 Å². The van der Waals surface area contributed by atoms with E-state index in [1.165, 1.54) is 23.1 Å². The highest BCUT2D eigenvalue weighted by Crippen LogP contribution is 2.40. The van der Waals surface area contributed by atoms with Crippen LogP contribution in [0.25, 0.3) is 0 Å². The predicted molar refractivity (Wildman–Crippen MR) is 112 cm³/mol. The van der Waals surface area contributed by atoms with Crippen molar-refractivity contribution in [3.05, 3.63) is 33.7 Å². The molecule has 2 unspecified atom stereocenters. The van der Waals surface area contributed by atoms with E-state index < -0.39 is 29.3 Å². The number of fused-ring (bicyclic) bond motifs is 1. The number of ether oxygens (including phenoxy) is 1. The zero-order chi connectivity index (χ0) is 20.4. The lowest BCUT2D eigenvalue weighted by atomic mass is 10.0. The van der Waals surface area contributed by atoms with Crippen molar-refractivity contribution in [2.24, 2.45) is 0 Å². The summed E-state index contributed by atoms with van der Waals surface area (Å²) in [6.07, 6.45) is 0.151. The van der Waals surface area contributed by atoms with Crippen LogP contribution in [0.15, 0.2) is 28.1 Å². The first-order valence-electron chi connectivity index (χ1n) is 8.32. The summed E-state index contributed by atoms with van der Waals surface area (Å²) in [5, 5.41) is 15.4. The van der Waals surface area contributed by atoms with Gasteiger partial charge in [0.05, 0.1) is 12.0 Å². The number of carbonyl (C=O) groups excluding carboxylic acids is 3. The lowest BCUT2D eigenvalue weighted by molar-refractivity contribution is -0.151. The Balaban J connectivity index is 1.71. The van der Waals surface area contributed by atoms with Gasteiger partial charge in [-0.3, -0.25) is 14.5 Å². The van der Waals surface area contributed by atoms with Gasteiger partial charge in [0.15, 0.2) is 0 Å². The van der Waals surface area contributed by atoms with E-state index in [0.717, 1.165) is 10.5 Å². The van der Waals surface area contributed by atoms with Crippen LogP contribution in [0.5, 0.6) is 0 Å². The third kappa shape index (κ3) is 4.35. The van der Waals surface area contributed by atoms with Crippen molar-refractivity contribution in [1.29, 1.82) is 0 Å². The van der Waals surface area contributed by atoms with Crippen molar-refractivity contribution in [2.75, 3.05) is 12.4 Å². The number of thioether (sulfide) groups is 1. The van der Waals surface area contributed by atoms with Crippen LogP contribution in [0.4, 0.5) is 0 Å². The van der Waals surface area contributed by atoms with Crippen molar-refractivity contribution < 1.29 is 29.0 Å². The fourth-order valence-electron chi connectivity index (χ4n) is 2.86. The number of thiophene rings is 1. The van der Waals surface area contributed by atoms with Crippen LogP contribution < -0.4 is 5.32 Å². The highest BCUT2D eigenvalue weighted by molar-refractivity contribution is 14.1. The fraction of sp³-hybridized carbons (Fsp3) is 0.412. The molecule has 1 saturated heterocycles. The molecule has 2 aliphatic rings. The summed E-state index contributed by atoms with van der Waals surface area (Å²) in [5.41, 5.74) is 0.452. The minimum Gasteiger partial charge on any atom is -0.477 e. The number of aliphatic carboxylic acids is 1. The molecule has 3 rings (SSSR count). The molecule has 2 amide bonds. The molecule has 2 aliphatic heterocycles. The van der Waals surface area contributed by atoms with Crippen LogP contribution in [-0.4, -0.2) is 61.5 Å². The molecule has 0 aliphatic carbocycles. The number of hydrogen-bond donors (Lipinski definition) is 2. The Labute approximate surface area is 182 Å². The van der Waals surface area contributed by atoms with Gasteiger partial charge in [0.1, 0.15) is 23.7 Å². The normalized spacial score (nSPS) is 22.2. The van der Waals surface area contributed by atoms with E-state index in [0.29, 0.717) is 0 Å². The molecule has 8 nitrogen and oxygen atoms in total. The van der Waals surface area contributed by atoms with Gasteiger partial charge in [-0.05, 0) is 22.4 Å². The maximum absolute atomic E-state index is 12.5. The third-order valence-electron chi connectivity index (χ3n) is 4.12. The van der Waals surface area contributed by atoms with Gasteiger partial charge in [-0.2, -0.15) is 11.3 Å². The van der Waals surface area contributed by atoms with Crippen molar-refractivity contribution >= 4 is 69.4 Å². The summed E-state index contributed by atoms with van der Waals surface area (Å²) in [7, 11) is 0. The highest BCUT2D eigenvalue weighted by atomic mass is 127. The standard InChI is InChI=1S/C17H17IN2O6S2/c1-8(18)5-26-17(25)10-7-28-15-12(14(22)20(15)13(10)16(23)24)19-11(21)4-9-2-3-27-6-9/h2-3,6,8,12,15H,4-5,7H2,1H3,(H,19,21)(H,23,24)/t8?,12?,15-/m0/s1. The van der Waals surface area contributed by atoms with Crippen molar-refractivity contribution in [1.82, 2.24) is 10.2 Å². The Morgan fingerprint density at radius 2 is 2.21 bits per heavy atom. The summed E-state index contributed by atoms with van der Waals surface area (Å²) in [4.78, 5) is 49.8. The minimum atomic E-state index is -1.36. The lowest BCUT2D eigenvalue weighted by Crippen LogP contribution is -2.70. The number of alkyl halides is 1. The van der Waals surface area contributed by atoms with Crippen LogP contribution in [0.2, 0.25) is 0 Å². The summed E-state index contributed by atoms with van der Waals surface area (Å²) >= 11 is 4.80. The second-order valence-electron chi connectivity index (χ2n) is 6.27. The third-order valence-corrected chi connectivity index (χ3v) is 6.49. The molecule has 0 radical (unpaired) electrons. The first-order chi connectivity index (χ1) is 13.3. The van der Waals surface area contributed by atoms with Gasteiger partial charge in [0.25, 0.3) is 5.91 Å². The SMILES string of the molecule is CC(I)COC(=O)C1=C(C(=O)O)N2C(=O)C(NC(=O)Cc3ccsc3)[C@@H]2SC1. The van der Waals surface area contributed by atoms with Gasteiger partial charge in [-0.1, -0.05) is 29.5 Å². The Kier molecular flexibility index (Phi) is 6.65. The largest absolute Gasteiger partial charge is 0.477 e. The summed E-state index contributed by atoms with van der Waals surface area (Å²) in [6, 6.07) is 1.02. The molecule has 11 heteroatoms. The number of carboxylic acid groups (broad SMARTS) is 1. The monoisotopic (exact) mass is 536 g/mol. The zero-order valence-corrected chi connectivity index (χ0v) is 18.5. The molecular weight excluding hydrogens is 519 g/mol. The maximum atomic E-state index is 12.5. The molecule has 150 valence electrons. The van der Waals surface area contributed by atoms with E-state index in [-0.39, 0.29) is 39.9 Å². The number of β-lactam (4-membered cyclic amide) rings is 1. The fourth-order valence-corrected chi connectivity index (χ4v) is 5.03. The molecule has 1 aromatic rings. The van der Waals surface area contributed by atoms with Gasteiger partial charge in [-0.25, -0.2) is 9.59 Å². The van der Waals surface area contributed by atoms with Crippen LogP contribution in [-0.2, 0) is 30.3 Å². The van der Waals surface area contributed by atoms with E-state index >= 15 is 0 Å².